The van der Waals surface area contributed by atoms with Crippen molar-refractivity contribution in [3.05, 3.63) is 54.3 Å². The fourth-order valence-electron chi connectivity index (χ4n) is 2.60. The number of ketones is 1. The second-order valence-electron chi connectivity index (χ2n) is 5.20. The van der Waals surface area contributed by atoms with Crippen LogP contribution < -0.4 is 0 Å². The van der Waals surface area contributed by atoms with E-state index in [0.29, 0.717) is 0 Å². The van der Waals surface area contributed by atoms with Crippen LogP contribution >= 0.6 is 0 Å². The van der Waals surface area contributed by atoms with E-state index >= 15 is 0 Å². The zero-order valence-corrected chi connectivity index (χ0v) is 11.0. The molecule has 0 N–H and O–H groups in total. The highest BCUT2D eigenvalue weighted by molar-refractivity contribution is 6.16. The SMILES string of the molecule is C[C@]1(/C=C\c2ccccc2)COC(=O)[C@]12OC=CC2=O. The molecular formula is C16H14O4. The van der Waals surface area contributed by atoms with Crippen molar-refractivity contribution in [1.29, 1.82) is 0 Å². The number of carbonyl (C=O) groups is 2. The van der Waals surface area contributed by atoms with Crippen molar-refractivity contribution in [2.24, 2.45) is 5.41 Å². The molecule has 1 fully saturated rings. The molecule has 0 unspecified atom stereocenters. The maximum absolute atomic E-state index is 12.1. The Bertz CT molecular complexity index is 617. The Morgan fingerprint density at radius 2 is 1.95 bits per heavy atom. The predicted octanol–water partition coefficient (Wildman–Crippen LogP) is 2.11. The van der Waals surface area contributed by atoms with Gasteiger partial charge in [-0.15, -0.1) is 0 Å². The van der Waals surface area contributed by atoms with Crippen LogP contribution in [-0.4, -0.2) is 24.0 Å². The molecule has 2 aliphatic heterocycles. The van der Waals surface area contributed by atoms with E-state index in [2.05, 4.69) is 0 Å². The first kappa shape index (κ1) is 12.7. The van der Waals surface area contributed by atoms with Crippen molar-refractivity contribution in [3.63, 3.8) is 0 Å². The number of rotatable bonds is 2. The third-order valence-electron chi connectivity index (χ3n) is 3.85. The Balaban J connectivity index is 1.97. The molecule has 0 bridgehead atoms. The largest absolute Gasteiger partial charge is 0.474 e. The van der Waals surface area contributed by atoms with Crippen LogP contribution in [0.5, 0.6) is 0 Å². The smallest absolute Gasteiger partial charge is 0.359 e. The summed E-state index contributed by atoms with van der Waals surface area (Å²) in [5.41, 5.74) is -1.39. The van der Waals surface area contributed by atoms with Gasteiger partial charge < -0.3 is 9.47 Å². The molecule has 0 radical (unpaired) electrons. The molecular weight excluding hydrogens is 256 g/mol. The van der Waals surface area contributed by atoms with Crippen molar-refractivity contribution in [1.82, 2.24) is 0 Å². The molecule has 20 heavy (non-hydrogen) atoms. The van der Waals surface area contributed by atoms with Crippen LogP contribution in [0.3, 0.4) is 0 Å². The minimum atomic E-state index is -1.56. The Morgan fingerprint density at radius 3 is 2.60 bits per heavy atom. The molecule has 0 aromatic heterocycles. The number of esters is 1. The summed E-state index contributed by atoms with van der Waals surface area (Å²) in [6, 6.07) is 9.66. The quantitative estimate of drug-likeness (QED) is 0.610. The standard InChI is InChI=1S/C16H14O4/c1-15(9-7-12-5-3-2-4-6-12)11-19-14(18)16(15)13(17)8-10-20-16/h2-10H,11H2,1H3/b9-7-/t15-,16-/m0/s1. The van der Waals surface area contributed by atoms with Crippen LogP contribution in [0.15, 0.2) is 48.7 Å². The van der Waals surface area contributed by atoms with E-state index in [1.54, 1.807) is 6.92 Å². The van der Waals surface area contributed by atoms with Crippen LogP contribution in [-0.2, 0) is 19.1 Å². The number of carbonyl (C=O) groups excluding carboxylic acids is 2. The maximum atomic E-state index is 12.1. The summed E-state index contributed by atoms with van der Waals surface area (Å²) >= 11 is 0. The summed E-state index contributed by atoms with van der Waals surface area (Å²) in [6.45, 7) is 1.92. The summed E-state index contributed by atoms with van der Waals surface area (Å²) < 4.78 is 10.5. The maximum Gasteiger partial charge on any atom is 0.359 e. The molecule has 1 saturated heterocycles. The molecule has 0 saturated carbocycles. The van der Waals surface area contributed by atoms with E-state index in [0.717, 1.165) is 5.56 Å². The second kappa shape index (κ2) is 4.34. The summed E-state index contributed by atoms with van der Waals surface area (Å²) in [5, 5.41) is 0. The normalized spacial score (nSPS) is 32.0. The molecule has 2 aliphatic rings. The lowest BCUT2D eigenvalue weighted by atomic mass is 9.73. The average Bonchev–Trinajstić information content (AvgIpc) is 2.97. The van der Waals surface area contributed by atoms with E-state index in [1.165, 1.54) is 12.3 Å². The van der Waals surface area contributed by atoms with Crippen LogP contribution in [0.1, 0.15) is 12.5 Å². The monoisotopic (exact) mass is 270 g/mol. The summed E-state index contributed by atoms with van der Waals surface area (Å²) in [7, 11) is 0. The third kappa shape index (κ3) is 1.61. The Labute approximate surface area is 116 Å². The van der Waals surface area contributed by atoms with E-state index in [-0.39, 0.29) is 12.4 Å². The number of hydrogen-bond donors (Lipinski definition) is 0. The van der Waals surface area contributed by atoms with Gasteiger partial charge in [-0.05, 0) is 12.5 Å². The molecule has 1 aromatic carbocycles. The Morgan fingerprint density at radius 1 is 1.20 bits per heavy atom. The molecule has 1 aromatic rings. The molecule has 2 atom stereocenters. The van der Waals surface area contributed by atoms with Crippen LogP contribution in [0.2, 0.25) is 0 Å². The topological polar surface area (TPSA) is 52.6 Å². The number of hydrogen-bond acceptors (Lipinski definition) is 4. The number of ether oxygens (including phenoxy) is 2. The summed E-state index contributed by atoms with van der Waals surface area (Å²) in [6.07, 6.45) is 6.24. The molecule has 102 valence electrons. The highest BCUT2D eigenvalue weighted by Gasteiger charge is 2.67. The second-order valence-corrected chi connectivity index (χ2v) is 5.20. The van der Waals surface area contributed by atoms with E-state index in [1.807, 2.05) is 42.5 Å². The molecule has 0 amide bonds. The van der Waals surface area contributed by atoms with Gasteiger partial charge in [0.25, 0.3) is 5.60 Å². The third-order valence-corrected chi connectivity index (χ3v) is 3.85. The fraction of sp³-hybridized carbons (Fsp3) is 0.250. The molecule has 4 nitrogen and oxygen atoms in total. The minimum absolute atomic E-state index is 0.128. The lowest BCUT2D eigenvalue weighted by Crippen LogP contribution is -2.52. The van der Waals surface area contributed by atoms with Gasteiger partial charge in [0.1, 0.15) is 6.61 Å². The Hall–Kier alpha value is -2.36. The van der Waals surface area contributed by atoms with Gasteiger partial charge in [0.2, 0.25) is 5.78 Å². The van der Waals surface area contributed by atoms with Gasteiger partial charge in [0.15, 0.2) is 0 Å². The van der Waals surface area contributed by atoms with Crippen LogP contribution in [0.25, 0.3) is 6.08 Å². The molecule has 2 heterocycles. The van der Waals surface area contributed by atoms with Gasteiger partial charge in [-0.2, -0.15) is 0 Å². The van der Waals surface area contributed by atoms with Crippen LogP contribution in [0, 0.1) is 5.41 Å². The summed E-state index contributed by atoms with van der Waals surface area (Å²) in [5.74, 6) is -0.979. The Kier molecular flexibility index (Phi) is 2.74. The van der Waals surface area contributed by atoms with E-state index in [4.69, 9.17) is 9.47 Å². The first-order chi connectivity index (χ1) is 9.58. The number of benzene rings is 1. The molecule has 0 aliphatic carbocycles. The highest BCUT2D eigenvalue weighted by atomic mass is 16.6. The zero-order chi connectivity index (χ0) is 14.2. The lowest BCUT2D eigenvalue weighted by molar-refractivity contribution is -0.159. The van der Waals surface area contributed by atoms with Crippen molar-refractivity contribution in [3.8, 4) is 0 Å². The van der Waals surface area contributed by atoms with Gasteiger partial charge >= 0.3 is 5.97 Å². The molecule has 4 heteroatoms. The highest BCUT2D eigenvalue weighted by Crippen LogP contribution is 2.46. The van der Waals surface area contributed by atoms with Crippen LogP contribution in [0.4, 0.5) is 0 Å². The van der Waals surface area contributed by atoms with E-state index in [9.17, 15) is 9.59 Å². The van der Waals surface area contributed by atoms with Crippen molar-refractivity contribution in [2.45, 2.75) is 12.5 Å². The number of cyclic esters (lactones) is 1. The van der Waals surface area contributed by atoms with Gasteiger partial charge in [-0.3, -0.25) is 4.79 Å². The first-order valence-electron chi connectivity index (χ1n) is 6.39. The average molecular weight is 270 g/mol. The fourth-order valence-corrected chi connectivity index (χ4v) is 2.60. The lowest BCUT2D eigenvalue weighted by Gasteiger charge is -2.31. The minimum Gasteiger partial charge on any atom is -0.474 e. The molecule has 3 rings (SSSR count). The van der Waals surface area contributed by atoms with Crippen molar-refractivity contribution in [2.75, 3.05) is 6.61 Å². The predicted molar refractivity (Wildman–Crippen MR) is 72.5 cm³/mol. The first-order valence-corrected chi connectivity index (χ1v) is 6.39. The van der Waals surface area contributed by atoms with Gasteiger partial charge in [-0.25, -0.2) is 4.79 Å². The van der Waals surface area contributed by atoms with Gasteiger partial charge in [0, 0.05) is 6.08 Å². The van der Waals surface area contributed by atoms with E-state index < -0.39 is 17.0 Å². The summed E-state index contributed by atoms with van der Waals surface area (Å²) in [4.78, 5) is 24.1. The molecule has 1 spiro atoms. The van der Waals surface area contributed by atoms with Gasteiger partial charge in [-0.1, -0.05) is 42.5 Å². The van der Waals surface area contributed by atoms with Gasteiger partial charge in [0.05, 0.1) is 11.7 Å². The zero-order valence-electron chi connectivity index (χ0n) is 11.0. The van der Waals surface area contributed by atoms with Crippen molar-refractivity contribution >= 4 is 17.8 Å². The van der Waals surface area contributed by atoms with Crippen molar-refractivity contribution < 1.29 is 19.1 Å².